The first kappa shape index (κ1) is 22.2. The zero-order valence-electron chi connectivity index (χ0n) is 16.8. The van der Waals surface area contributed by atoms with Crippen molar-refractivity contribution in [2.45, 2.75) is 6.54 Å². The van der Waals surface area contributed by atoms with E-state index in [4.69, 9.17) is 14.2 Å². The lowest BCUT2D eigenvalue weighted by atomic mass is 10.1. The smallest absolute Gasteiger partial charge is 0.262 e. The Hall–Kier alpha value is -4.12. The summed E-state index contributed by atoms with van der Waals surface area (Å²) in [6.07, 6.45) is 4.45. The Labute approximate surface area is 174 Å². The molecule has 1 amide bonds. The van der Waals surface area contributed by atoms with Gasteiger partial charge in [-0.15, -0.1) is 0 Å². The van der Waals surface area contributed by atoms with E-state index in [1.165, 1.54) is 45.6 Å². The highest BCUT2D eigenvalue weighted by Crippen LogP contribution is 2.38. The van der Waals surface area contributed by atoms with Crippen molar-refractivity contribution < 1.29 is 29.2 Å². The zero-order chi connectivity index (χ0) is 22.1. The molecule has 2 aromatic rings. The summed E-state index contributed by atoms with van der Waals surface area (Å²) in [5, 5.41) is 30.7. The summed E-state index contributed by atoms with van der Waals surface area (Å²) in [4.78, 5) is 12.3. The fourth-order valence-electron chi connectivity index (χ4n) is 2.58. The number of nitriles is 1. The van der Waals surface area contributed by atoms with Crippen LogP contribution in [0, 0.1) is 11.3 Å². The second kappa shape index (κ2) is 10.4. The average molecular weight is 410 g/mol. The lowest BCUT2D eigenvalue weighted by Crippen LogP contribution is -2.24. The van der Waals surface area contributed by atoms with Crippen LogP contribution in [0.15, 0.2) is 48.1 Å². The fraction of sp³-hybridized carbons (Fsp3) is 0.182. The summed E-state index contributed by atoms with van der Waals surface area (Å²) < 4.78 is 15.8. The molecule has 3 N–H and O–H groups in total. The Balaban J connectivity index is 2.10. The number of benzene rings is 2. The molecule has 0 aromatic heterocycles. The Kier molecular flexibility index (Phi) is 7.71. The van der Waals surface area contributed by atoms with E-state index >= 15 is 0 Å². The van der Waals surface area contributed by atoms with Gasteiger partial charge in [-0.1, -0.05) is 18.2 Å². The molecule has 0 bridgehead atoms. The molecular formula is C22H22N2O6. The van der Waals surface area contributed by atoms with Crippen molar-refractivity contribution >= 4 is 12.0 Å². The largest absolute Gasteiger partial charge is 0.504 e. The molecule has 0 spiro atoms. The third kappa shape index (κ3) is 5.45. The van der Waals surface area contributed by atoms with Gasteiger partial charge in [0.05, 0.1) is 21.3 Å². The number of nitrogens with zero attached hydrogens (tertiary/aromatic N) is 1. The summed E-state index contributed by atoms with van der Waals surface area (Å²) in [7, 11) is 4.49. The minimum atomic E-state index is -0.551. The summed E-state index contributed by atoms with van der Waals surface area (Å²) in [6, 6.07) is 9.53. The Morgan fingerprint density at radius 2 is 1.73 bits per heavy atom. The van der Waals surface area contributed by atoms with E-state index in [2.05, 4.69) is 5.32 Å². The maximum atomic E-state index is 12.3. The van der Waals surface area contributed by atoms with Crippen molar-refractivity contribution in [3.8, 4) is 34.8 Å². The van der Waals surface area contributed by atoms with Gasteiger partial charge < -0.3 is 29.7 Å². The van der Waals surface area contributed by atoms with Gasteiger partial charge in [0.1, 0.15) is 11.6 Å². The Bertz CT molecular complexity index is 996. The van der Waals surface area contributed by atoms with E-state index in [0.717, 1.165) is 0 Å². The van der Waals surface area contributed by atoms with E-state index in [1.54, 1.807) is 24.3 Å². The Morgan fingerprint density at radius 3 is 2.27 bits per heavy atom. The van der Waals surface area contributed by atoms with Crippen LogP contribution in [0.5, 0.6) is 28.7 Å². The zero-order valence-corrected chi connectivity index (χ0v) is 16.8. The van der Waals surface area contributed by atoms with E-state index < -0.39 is 5.91 Å². The highest BCUT2D eigenvalue weighted by molar-refractivity contribution is 5.97. The van der Waals surface area contributed by atoms with Crippen LogP contribution in [0.1, 0.15) is 11.1 Å². The number of ether oxygens (including phenoxy) is 3. The maximum Gasteiger partial charge on any atom is 0.262 e. The lowest BCUT2D eigenvalue weighted by Gasteiger charge is -2.14. The van der Waals surface area contributed by atoms with E-state index in [-0.39, 0.29) is 23.6 Å². The molecule has 0 heterocycles. The van der Waals surface area contributed by atoms with Gasteiger partial charge in [-0.3, -0.25) is 4.79 Å². The number of hydrogen-bond donors (Lipinski definition) is 3. The predicted molar refractivity (Wildman–Crippen MR) is 110 cm³/mol. The molecule has 0 aliphatic heterocycles. The monoisotopic (exact) mass is 410 g/mol. The number of phenols is 2. The van der Waals surface area contributed by atoms with E-state index in [9.17, 15) is 20.3 Å². The second-order valence-corrected chi connectivity index (χ2v) is 6.02. The van der Waals surface area contributed by atoms with Crippen LogP contribution in [-0.2, 0) is 11.3 Å². The molecule has 8 heteroatoms. The molecule has 2 rings (SSSR count). The highest BCUT2D eigenvalue weighted by atomic mass is 16.5. The molecule has 30 heavy (non-hydrogen) atoms. The predicted octanol–water partition coefficient (Wildman–Crippen LogP) is 2.90. The first-order chi connectivity index (χ1) is 14.4. The van der Waals surface area contributed by atoms with Crippen molar-refractivity contribution in [2.75, 3.05) is 21.3 Å². The van der Waals surface area contributed by atoms with Gasteiger partial charge in [0.25, 0.3) is 5.91 Å². The number of rotatable bonds is 8. The minimum Gasteiger partial charge on any atom is -0.504 e. The number of allylic oxidation sites excluding steroid dienone is 2. The molecule has 0 fully saturated rings. The normalized spacial score (nSPS) is 11.1. The van der Waals surface area contributed by atoms with Gasteiger partial charge in [-0.05, 0) is 41.5 Å². The molecule has 0 unspecified atom stereocenters. The van der Waals surface area contributed by atoms with Crippen molar-refractivity contribution in [1.82, 2.24) is 5.32 Å². The first-order valence-corrected chi connectivity index (χ1v) is 8.81. The Morgan fingerprint density at radius 1 is 1.07 bits per heavy atom. The van der Waals surface area contributed by atoms with Crippen molar-refractivity contribution in [3.05, 3.63) is 59.2 Å². The summed E-state index contributed by atoms with van der Waals surface area (Å²) in [5.74, 6) is 0.313. The molecule has 0 atom stereocenters. The van der Waals surface area contributed by atoms with Crippen LogP contribution in [0.25, 0.3) is 6.08 Å². The quantitative estimate of drug-likeness (QED) is 0.265. The molecule has 0 radical (unpaired) electrons. The SMILES string of the molecule is COc1cc(CNC(=O)/C(C#N)=C/C=C/c2ccc(O)c(O)c2)cc(OC)c1OC. The van der Waals surface area contributed by atoms with E-state index in [1.807, 2.05) is 6.07 Å². The number of carbonyl (C=O) groups is 1. The number of phenolic OH excluding ortho intramolecular Hbond substituents is 2. The van der Waals surface area contributed by atoms with Crippen molar-refractivity contribution in [2.24, 2.45) is 0 Å². The summed E-state index contributed by atoms with van der Waals surface area (Å²) in [6.45, 7) is 0.143. The van der Waals surface area contributed by atoms with Crippen LogP contribution in [0.3, 0.4) is 0 Å². The fourth-order valence-corrected chi connectivity index (χ4v) is 2.58. The van der Waals surface area contributed by atoms with Crippen molar-refractivity contribution in [1.29, 1.82) is 5.26 Å². The van der Waals surface area contributed by atoms with Crippen LogP contribution < -0.4 is 19.5 Å². The standard InChI is InChI=1S/C22H22N2O6/c1-28-19-10-15(11-20(29-2)21(19)30-3)13-24-22(27)16(12-23)6-4-5-14-7-8-17(25)18(26)9-14/h4-11,25-26H,13H2,1-3H3,(H,24,27)/b5-4+,16-6+. The van der Waals surface area contributed by atoms with Crippen LogP contribution in [0.2, 0.25) is 0 Å². The van der Waals surface area contributed by atoms with Crippen LogP contribution in [0.4, 0.5) is 0 Å². The van der Waals surface area contributed by atoms with Crippen molar-refractivity contribution in [3.63, 3.8) is 0 Å². The van der Waals surface area contributed by atoms with Gasteiger partial charge in [-0.2, -0.15) is 5.26 Å². The molecule has 2 aromatic carbocycles. The van der Waals surface area contributed by atoms with E-state index in [0.29, 0.717) is 28.4 Å². The summed E-state index contributed by atoms with van der Waals surface area (Å²) in [5.41, 5.74) is 1.20. The first-order valence-electron chi connectivity index (χ1n) is 8.81. The maximum absolute atomic E-state index is 12.3. The van der Waals surface area contributed by atoms with Gasteiger partial charge in [0.2, 0.25) is 5.75 Å². The average Bonchev–Trinajstić information content (AvgIpc) is 2.76. The molecule has 0 saturated heterocycles. The number of methoxy groups -OCH3 is 3. The van der Waals surface area contributed by atoms with Crippen LogP contribution in [-0.4, -0.2) is 37.4 Å². The van der Waals surface area contributed by atoms with Gasteiger partial charge >= 0.3 is 0 Å². The van der Waals surface area contributed by atoms with Gasteiger partial charge in [0.15, 0.2) is 23.0 Å². The lowest BCUT2D eigenvalue weighted by molar-refractivity contribution is -0.117. The number of hydrogen-bond acceptors (Lipinski definition) is 7. The van der Waals surface area contributed by atoms with Crippen LogP contribution >= 0.6 is 0 Å². The molecule has 0 saturated carbocycles. The number of nitrogens with one attached hydrogen (secondary N) is 1. The summed E-state index contributed by atoms with van der Waals surface area (Å²) >= 11 is 0. The third-order valence-corrected chi connectivity index (χ3v) is 4.09. The number of aromatic hydroxyl groups is 2. The third-order valence-electron chi connectivity index (χ3n) is 4.09. The number of amides is 1. The molecule has 8 nitrogen and oxygen atoms in total. The molecule has 156 valence electrons. The molecule has 0 aliphatic rings. The number of carbonyl (C=O) groups excluding carboxylic acids is 1. The highest BCUT2D eigenvalue weighted by Gasteiger charge is 2.14. The topological polar surface area (TPSA) is 121 Å². The minimum absolute atomic E-state index is 0.0957. The van der Waals surface area contributed by atoms with Gasteiger partial charge in [-0.25, -0.2) is 0 Å². The molecular weight excluding hydrogens is 388 g/mol. The van der Waals surface area contributed by atoms with Gasteiger partial charge in [0, 0.05) is 6.54 Å². The molecule has 0 aliphatic carbocycles. The second-order valence-electron chi connectivity index (χ2n) is 6.02.